The summed E-state index contributed by atoms with van der Waals surface area (Å²) in [6.45, 7) is 1.29. The lowest BCUT2D eigenvalue weighted by Gasteiger charge is -2.08. The molecule has 0 heterocycles. The third kappa shape index (κ3) is 2.95. The van der Waals surface area contributed by atoms with Gasteiger partial charge in [-0.2, -0.15) is 0 Å². The van der Waals surface area contributed by atoms with Gasteiger partial charge in [0.2, 0.25) is 6.20 Å². The summed E-state index contributed by atoms with van der Waals surface area (Å²) in [4.78, 5) is 21.0. The standard InChI is InChI=1S/C14H11NO4/c1-10(16)19-14-7-6-11-4-2-3-5-12(11)13(14)8-9-15(17)18/h2-9H,1H3/b9-8-. The van der Waals surface area contributed by atoms with Crippen molar-refractivity contribution in [1.29, 1.82) is 0 Å². The van der Waals surface area contributed by atoms with E-state index in [1.165, 1.54) is 13.0 Å². The second kappa shape index (κ2) is 5.30. The summed E-state index contributed by atoms with van der Waals surface area (Å²) < 4.78 is 5.07. The first kappa shape index (κ1) is 12.8. The normalized spacial score (nSPS) is 10.8. The number of carbonyl (C=O) groups is 1. The summed E-state index contributed by atoms with van der Waals surface area (Å²) in [7, 11) is 0. The van der Waals surface area contributed by atoms with Crippen LogP contribution in [0.1, 0.15) is 12.5 Å². The average Bonchev–Trinajstić information content (AvgIpc) is 2.36. The molecular formula is C14H11NO4. The topological polar surface area (TPSA) is 69.4 Å². The van der Waals surface area contributed by atoms with Gasteiger partial charge in [-0.15, -0.1) is 0 Å². The van der Waals surface area contributed by atoms with Gasteiger partial charge in [0.05, 0.1) is 4.92 Å². The minimum atomic E-state index is -0.556. The van der Waals surface area contributed by atoms with E-state index in [1.54, 1.807) is 12.1 Å². The van der Waals surface area contributed by atoms with Crippen molar-refractivity contribution in [3.63, 3.8) is 0 Å². The number of rotatable bonds is 3. The molecule has 0 aliphatic rings. The molecule has 0 aliphatic carbocycles. The zero-order valence-electron chi connectivity index (χ0n) is 10.2. The van der Waals surface area contributed by atoms with Crippen LogP contribution in [0.3, 0.4) is 0 Å². The Kier molecular flexibility index (Phi) is 3.56. The molecule has 0 aliphatic heterocycles. The van der Waals surface area contributed by atoms with Gasteiger partial charge in [-0.3, -0.25) is 14.9 Å². The van der Waals surface area contributed by atoms with Crippen LogP contribution in [-0.4, -0.2) is 10.9 Å². The molecular weight excluding hydrogens is 246 g/mol. The maximum Gasteiger partial charge on any atom is 0.308 e. The van der Waals surface area contributed by atoms with Crippen LogP contribution in [0.4, 0.5) is 0 Å². The van der Waals surface area contributed by atoms with E-state index in [9.17, 15) is 14.9 Å². The zero-order chi connectivity index (χ0) is 13.8. The van der Waals surface area contributed by atoms with Crippen molar-refractivity contribution in [2.75, 3.05) is 0 Å². The first-order valence-corrected chi connectivity index (χ1v) is 5.60. The molecule has 0 aromatic heterocycles. The third-order valence-corrected chi connectivity index (χ3v) is 2.55. The van der Waals surface area contributed by atoms with Gasteiger partial charge in [-0.05, 0) is 16.8 Å². The SMILES string of the molecule is CC(=O)Oc1ccc2ccccc2c1/C=C\[N+](=O)[O-]. The molecule has 0 N–H and O–H groups in total. The summed E-state index contributed by atoms with van der Waals surface area (Å²) in [6.07, 6.45) is 2.16. The maximum atomic E-state index is 11.1. The van der Waals surface area contributed by atoms with E-state index < -0.39 is 10.9 Å². The average molecular weight is 257 g/mol. The first-order chi connectivity index (χ1) is 9.08. The van der Waals surface area contributed by atoms with E-state index in [-0.39, 0.29) is 0 Å². The van der Waals surface area contributed by atoms with E-state index in [0.29, 0.717) is 11.3 Å². The van der Waals surface area contributed by atoms with Crippen molar-refractivity contribution >= 4 is 22.8 Å². The Balaban J connectivity index is 2.64. The molecule has 0 atom stereocenters. The van der Waals surface area contributed by atoms with Crippen LogP contribution in [0.25, 0.3) is 16.8 Å². The number of hydrogen-bond donors (Lipinski definition) is 0. The van der Waals surface area contributed by atoms with Gasteiger partial charge in [0.1, 0.15) is 5.75 Å². The van der Waals surface area contributed by atoms with Gasteiger partial charge in [0.15, 0.2) is 0 Å². The maximum absolute atomic E-state index is 11.1. The van der Waals surface area contributed by atoms with Crippen molar-refractivity contribution in [2.45, 2.75) is 6.92 Å². The van der Waals surface area contributed by atoms with Crippen LogP contribution in [0.5, 0.6) is 5.75 Å². The molecule has 0 radical (unpaired) electrons. The van der Waals surface area contributed by atoms with E-state index in [2.05, 4.69) is 0 Å². The number of hydrogen-bond acceptors (Lipinski definition) is 4. The van der Waals surface area contributed by atoms with E-state index in [4.69, 9.17) is 4.74 Å². The second-order valence-corrected chi connectivity index (χ2v) is 3.89. The smallest absolute Gasteiger partial charge is 0.308 e. The van der Waals surface area contributed by atoms with Crippen molar-refractivity contribution in [2.24, 2.45) is 0 Å². The Labute approximate surface area is 109 Å². The van der Waals surface area contributed by atoms with Crippen molar-refractivity contribution in [1.82, 2.24) is 0 Å². The number of ether oxygens (including phenoxy) is 1. The lowest BCUT2D eigenvalue weighted by atomic mass is 10.0. The van der Waals surface area contributed by atoms with Crippen LogP contribution in [-0.2, 0) is 4.79 Å². The Morgan fingerprint density at radius 3 is 2.68 bits per heavy atom. The predicted octanol–water partition coefficient (Wildman–Crippen LogP) is 3.01. The quantitative estimate of drug-likeness (QED) is 0.367. The van der Waals surface area contributed by atoms with Gasteiger partial charge in [-0.1, -0.05) is 30.3 Å². The highest BCUT2D eigenvalue weighted by atomic mass is 16.6. The molecule has 5 heteroatoms. The minimum absolute atomic E-state index is 0.310. The highest BCUT2D eigenvalue weighted by Gasteiger charge is 2.09. The molecule has 2 rings (SSSR count). The fourth-order valence-corrected chi connectivity index (χ4v) is 1.83. The molecule has 0 unspecified atom stereocenters. The van der Waals surface area contributed by atoms with Gasteiger partial charge in [-0.25, -0.2) is 0 Å². The number of esters is 1. The molecule has 0 saturated heterocycles. The van der Waals surface area contributed by atoms with Crippen molar-refractivity contribution in [3.8, 4) is 5.75 Å². The Morgan fingerprint density at radius 2 is 2.00 bits per heavy atom. The first-order valence-electron chi connectivity index (χ1n) is 5.60. The van der Waals surface area contributed by atoms with Gasteiger partial charge in [0, 0.05) is 18.6 Å². The largest absolute Gasteiger partial charge is 0.426 e. The number of nitrogens with zero attached hydrogens (tertiary/aromatic N) is 1. The lowest BCUT2D eigenvalue weighted by Crippen LogP contribution is -2.03. The summed E-state index contributed by atoms with van der Waals surface area (Å²) in [5.74, 6) is -0.157. The Bertz CT molecular complexity index is 676. The summed E-state index contributed by atoms with van der Waals surface area (Å²) in [6, 6.07) is 10.8. The molecule has 2 aromatic carbocycles. The third-order valence-electron chi connectivity index (χ3n) is 2.55. The van der Waals surface area contributed by atoms with Crippen LogP contribution in [0.15, 0.2) is 42.6 Å². The second-order valence-electron chi connectivity index (χ2n) is 3.89. The number of benzene rings is 2. The lowest BCUT2D eigenvalue weighted by molar-refractivity contribution is -0.400. The van der Waals surface area contributed by atoms with Gasteiger partial charge >= 0.3 is 5.97 Å². The number of carbonyl (C=O) groups excluding carboxylic acids is 1. The Morgan fingerprint density at radius 1 is 1.26 bits per heavy atom. The molecule has 0 fully saturated rings. The molecule has 5 nitrogen and oxygen atoms in total. The highest BCUT2D eigenvalue weighted by molar-refractivity contribution is 5.93. The van der Waals surface area contributed by atoms with Crippen LogP contribution in [0.2, 0.25) is 0 Å². The van der Waals surface area contributed by atoms with Crippen LogP contribution >= 0.6 is 0 Å². The van der Waals surface area contributed by atoms with Gasteiger partial charge in [0.25, 0.3) is 0 Å². The van der Waals surface area contributed by atoms with Crippen LogP contribution in [0, 0.1) is 10.1 Å². The van der Waals surface area contributed by atoms with E-state index in [0.717, 1.165) is 17.0 Å². The molecule has 0 bridgehead atoms. The monoisotopic (exact) mass is 257 g/mol. The summed E-state index contributed by atoms with van der Waals surface area (Å²) in [5.41, 5.74) is 0.519. The number of nitro groups is 1. The fourth-order valence-electron chi connectivity index (χ4n) is 1.83. The molecule has 2 aromatic rings. The molecule has 0 saturated carbocycles. The molecule has 0 spiro atoms. The molecule has 96 valence electrons. The number of fused-ring (bicyclic) bond motifs is 1. The fraction of sp³-hybridized carbons (Fsp3) is 0.0714. The zero-order valence-corrected chi connectivity index (χ0v) is 10.2. The predicted molar refractivity (Wildman–Crippen MR) is 71.3 cm³/mol. The van der Waals surface area contributed by atoms with Crippen LogP contribution < -0.4 is 4.74 Å². The summed E-state index contributed by atoms with van der Waals surface area (Å²) in [5, 5.41) is 12.2. The van der Waals surface area contributed by atoms with Crippen molar-refractivity contribution in [3.05, 3.63) is 58.3 Å². The minimum Gasteiger partial charge on any atom is -0.426 e. The van der Waals surface area contributed by atoms with E-state index >= 15 is 0 Å². The van der Waals surface area contributed by atoms with Gasteiger partial charge < -0.3 is 4.74 Å². The van der Waals surface area contributed by atoms with Crippen molar-refractivity contribution < 1.29 is 14.5 Å². The summed E-state index contributed by atoms with van der Waals surface area (Å²) >= 11 is 0. The molecule has 19 heavy (non-hydrogen) atoms. The Hall–Kier alpha value is -2.69. The van der Waals surface area contributed by atoms with E-state index in [1.807, 2.05) is 24.3 Å². The highest BCUT2D eigenvalue weighted by Crippen LogP contribution is 2.29. The molecule has 0 amide bonds.